The van der Waals surface area contributed by atoms with Crippen LogP contribution in [0.5, 0.6) is 0 Å². The van der Waals surface area contributed by atoms with Crippen LogP contribution in [0.2, 0.25) is 0 Å². The van der Waals surface area contributed by atoms with E-state index in [1.807, 2.05) is 24.3 Å². The minimum atomic E-state index is -3.94. The molecule has 1 aromatic heterocycles. The van der Waals surface area contributed by atoms with Crippen LogP contribution in [-0.2, 0) is 22.9 Å². The number of rotatable bonds is 4. The zero-order valence-electron chi connectivity index (χ0n) is 14.9. The number of anilines is 1. The van der Waals surface area contributed by atoms with E-state index in [0.717, 1.165) is 30.2 Å². The third-order valence-electron chi connectivity index (χ3n) is 5.14. The molecule has 5 nitrogen and oxygen atoms in total. The molecule has 4 rings (SSSR count). The number of aromatic amines is 1. The van der Waals surface area contributed by atoms with E-state index in [2.05, 4.69) is 21.8 Å². The predicted molar refractivity (Wildman–Crippen MR) is 104 cm³/mol. The Morgan fingerprint density at radius 1 is 1.18 bits per heavy atom. The van der Waals surface area contributed by atoms with Crippen molar-refractivity contribution in [2.45, 2.75) is 30.1 Å². The van der Waals surface area contributed by atoms with Gasteiger partial charge in [0.2, 0.25) is 0 Å². The van der Waals surface area contributed by atoms with Crippen LogP contribution < -0.4 is 4.72 Å². The van der Waals surface area contributed by atoms with E-state index in [1.165, 1.54) is 23.9 Å². The first-order valence-electron chi connectivity index (χ1n) is 8.94. The minimum absolute atomic E-state index is 0.131. The number of nitrogens with zero attached hydrogens (tertiary/aromatic N) is 1. The van der Waals surface area contributed by atoms with Crippen molar-refractivity contribution < 1.29 is 12.8 Å². The van der Waals surface area contributed by atoms with Gasteiger partial charge in [-0.2, -0.15) is 5.26 Å². The molecule has 0 fully saturated rings. The second-order valence-corrected chi connectivity index (χ2v) is 8.52. The second kappa shape index (κ2) is 7.13. The first-order chi connectivity index (χ1) is 13.5. The third kappa shape index (κ3) is 3.39. The number of aromatic nitrogens is 1. The maximum atomic E-state index is 14.1. The maximum absolute atomic E-state index is 14.1. The van der Waals surface area contributed by atoms with E-state index in [1.54, 1.807) is 0 Å². The highest BCUT2D eigenvalue weighted by Gasteiger charge is 2.29. The summed E-state index contributed by atoms with van der Waals surface area (Å²) in [5.41, 5.74) is 2.86. The summed E-state index contributed by atoms with van der Waals surface area (Å²) in [6.07, 6.45) is 3.69. The highest BCUT2D eigenvalue weighted by Crippen LogP contribution is 2.35. The van der Waals surface area contributed by atoms with E-state index >= 15 is 0 Å². The molecule has 3 aromatic rings. The van der Waals surface area contributed by atoms with Crippen molar-refractivity contribution in [1.29, 1.82) is 5.26 Å². The number of H-pyrrole nitrogens is 1. The van der Waals surface area contributed by atoms with Gasteiger partial charge in [0.1, 0.15) is 10.7 Å². The van der Waals surface area contributed by atoms with E-state index in [9.17, 15) is 12.8 Å². The van der Waals surface area contributed by atoms with Gasteiger partial charge < -0.3 is 4.98 Å². The molecule has 1 aliphatic carbocycles. The number of halogens is 1. The van der Waals surface area contributed by atoms with Crippen LogP contribution in [0.3, 0.4) is 0 Å². The second-order valence-electron chi connectivity index (χ2n) is 6.87. The Hall–Kier alpha value is -3.11. The van der Waals surface area contributed by atoms with Gasteiger partial charge in [-0.1, -0.05) is 30.3 Å². The lowest BCUT2D eigenvalue weighted by molar-refractivity contribution is 0.569. The monoisotopic (exact) mass is 395 g/mol. The highest BCUT2D eigenvalue weighted by atomic mass is 32.2. The molecular weight excluding hydrogens is 377 g/mol. The van der Waals surface area contributed by atoms with Crippen molar-refractivity contribution in [2.75, 3.05) is 4.72 Å². The molecule has 142 valence electrons. The van der Waals surface area contributed by atoms with Crippen molar-refractivity contribution in [1.82, 2.24) is 4.98 Å². The Bertz CT molecular complexity index is 1160. The molecule has 2 N–H and O–H groups in total. The van der Waals surface area contributed by atoms with Gasteiger partial charge in [-0.15, -0.1) is 0 Å². The van der Waals surface area contributed by atoms with Crippen molar-refractivity contribution in [3.63, 3.8) is 0 Å². The zero-order chi connectivity index (χ0) is 19.7. The fourth-order valence-electron chi connectivity index (χ4n) is 3.72. The topological polar surface area (TPSA) is 85.8 Å². The number of fused-ring (bicyclic) bond motifs is 1. The van der Waals surface area contributed by atoms with Crippen LogP contribution in [0, 0.1) is 17.1 Å². The molecule has 0 amide bonds. The molecule has 0 radical (unpaired) electrons. The van der Waals surface area contributed by atoms with Crippen LogP contribution in [0.1, 0.15) is 34.7 Å². The molecule has 1 unspecified atom stereocenters. The highest BCUT2D eigenvalue weighted by molar-refractivity contribution is 7.92. The summed E-state index contributed by atoms with van der Waals surface area (Å²) in [6, 6.07) is 15.6. The van der Waals surface area contributed by atoms with Crippen molar-refractivity contribution >= 4 is 15.7 Å². The largest absolute Gasteiger partial charge is 0.363 e. The standard InChI is InChI=1S/C21H18FN3O2S/c22-18-10-14(12-23)6-9-19(18)25-28(26,27)21-13-24-20-11-16(7-8-17(20)21)15-4-2-1-3-5-15/h1-6,9-10,13,16,24-25H,7-8,11H2. The van der Waals surface area contributed by atoms with Gasteiger partial charge >= 0.3 is 0 Å². The normalized spacial score (nSPS) is 16.2. The van der Waals surface area contributed by atoms with Crippen LogP contribution in [0.15, 0.2) is 59.6 Å². The third-order valence-corrected chi connectivity index (χ3v) is 6.57. The molecule has 0 aliphatic heterocycles. The minimum Gasteiger partial charge on any atom is -0.363 e. The lowest BCUT2D eigenvalue weighted by atomic mass is 9.83. The molecule has 0 saturated heterocycles. The average molecular weight is 395 g/mol. The molecule has 1 heterocycles. The molecule has 0 spiro atoms. The first kappa shape index (κ1) is 18.3. The summed E-state index contributed by atoms with van der Waals surface area (Å²) in [5, 5.41) is 8.81. The fraction of sp³-hybridized carbons (Fsp3) is 0.190. The molecule has 7 heteroatoms. The van der Waals surface area contributed by atoms with E-state index in [0.29, 0.717) is 12.3 Å². The number of nitrogens with one attached hydrogen (secondary N) is 2. The van der Waals surface area contributed by atoms with E-state index < -0.39 is 15.8 Å². The van der Waals surface area contributed by atoms with Gasteiger partial charge in [-0.25, -0.2) is 12.8 Å². The molecule has 1 aliphatic rings. The summed E-state index contributed by atoms with van der Waals surface area (Å²) < 4.78 is 42.1. The number of hydrogen-bond acceptors (Lipinski definition) is 3. The SMILES string of the molecule is N#Cc1ccc(NS(=O)(=O)c2c[nH]c3c2CCC(c2ccccc2)C3)c(F)c1. The van der Waals surface area contributed by atoms with Crippen molar-refractivity contribution in [3.8, 4) is 6.07 Å². The van der Waals surface area contributed by atoms with Gasteiger partial charge in [0.15, 0.2) is 0 Å². The Kier molecular flexibility index (Phi) is 4.65. The lowest BCUT2D eigenvalue weighted by Crippen LogP contribution is -2.18. The predicted octanol–water partition coefficient (Wildman–Crippen LogP) is 4.10. The average Bonchev–Trinajstić information content (AvgIpc) is 3.14. The molecule has 0 saturated carbocycles. The Labute approximate surface area is 162 Å². The zero-order valence-corrected chi connectivity index (χ0v) is 15.8. The Morgan fingerprint density at radius 2 is 1.96 bits per heavy atom. The van der Waals surface area contributed by atoms with Gasteiger partial charge in [0.05, 0.1) is 17.3 Å². The molecule has 1 atom stereocenters. The summed E-state index contributed by atoms with van der Waals surface area (Å²) >= 11 is 0. The fourth-order valence-corrected chi connectivity index (χ4v) is 5.04. The number of hydrogen-bond donors (Lipinski definition) is 2. The van der Waals surface area contributed by atoms with Gasteiger partial charge in [0.25, 0.3) is 10.0 Å². The van der Waals surface area contributed by atoms with Gasteiger partial charge in [0, 0.05) is 11.9 Å². The van der Waals surface area contributed by atoms with Crippen LogP contribution in [0.25, 0.3) is 0 Å². The van der Waals surface area contributed by atoms with Crippen LogP contribution in [-0.4, -0.2) is 13.4 Å². The van der Waals surface area contributed by atoms with Crippen LogP contribution >= 0.6 is 0 Å². The number of nitriles is 1. The lowest BCUT2D eigenvalue weighted by Gasteiger charge is -2.23. The smallest absolute Gasteiger partial charge is 0.263 e. The van der Waals surface area contributed by atoms with Crippen LogP contribution in [0.4, 0.5) is 10.1 Å². The number of benzene rings is 2. The maximum Gasteiger partial charge on any atom is 0.263 e. The Morgan fingerprint density at radius 3 is 2.68 bits per heavy atom. The number of sulfonamides is 1. The molecule has 0 bridgehead atoms. The van der Waals surface area contributed by atoms with Gasteiger partial charge in [-0.3, -0.25) is 4.72 Å². The van der Waals surface area contributed by atoms with Crippen molar-refractivity contribution in [3.05, 3.63) is 82.9 Å². The molecular formula is C21H18FN3O2S. The van der Waals surface area contributed by atoms with E-state index in [-0.39, 0.29) is 16.1 Å². The first-order valence-corrected chi connectivity index (χ1v) is 10.4. The summed E-state index contributed by atoms with van der Waals surface area (Å²) in [4.78, 5) is 3.25. The Balaban J connectivity index is 1.59. The quantitative estimate of drug-likeness (QED) is 0.697. The van der Waals surface area contributed by atoms with Gasteiger partial charge in [-0.05, 0) is 54.5 Å². The molecule has 2 aromatic carbocycles. The van der Waals surface area contributed by atoms with Crippen molar-refractivity contribution in [2.24, 2.45) is 0 Å². The summed E-state index contributed by atoms with van der Waals surface area (Å²) in [7, 11) is -3.94. The summed E-state index contributed by atoms with van der Waals surface area (Å²) in [5.74, 6) is -0.442. The summed E-state index contributed by atoms with van der Waals surface area (Å²) in [6.45, 7) is 0. The van der Waals surface area contributed by atoms with E-state index in [4.69, 9.17) is 5.26 Å². The molecule has 28 heavy (non-hydrogen) atoms.